The minimum absolute atomic E-state index is 1.09. The normalized spacial score (nSPS) is 10.1. The Morgan fingerprint density at radius 3 is 1.17 bits per heavy atom. The van der Waals surface area contributed by atoms with Crippen LogP contribution in [0.3, 0.4) is 0 Å². The largest absolute Gasteiger partial charge is 0.317 e. The smallest absolute Gasteiger partial charge is 0.00268 e. The molecule has 4 aromatic carbocycles. The third-order valence-electron chi connectivity index (χ3n) is 4.80. The van der Waals surface area contributed by atoms with Crippen LogP contribution in [0, 0.1) is 0 Å². The second-order valence-electron chi connectivity index (χ2n) is 6.78. The van der Waals surface area contributed by atoms with Crippen molar-refractivity contribution in [2.45, 2.75) is 13.8 Å². The van der Waals surface area contributed by atoms with Crippen molar-refractivity contribution in [1.29, 1.82) is 0 Å². The highest BCUT2D eigenvalue weighted by Crippen LogP contribution is 2.39. The van der Waals surface area contributed by atoms with Gasteiger partial charge in [-0.3, -0.25) is 0 Å². The molecule has 1 heteroatoms. The van der Waals surface area contributed by atoms with E-state index < -0.39 is 0 Å². The Hall–Kier alpha value is -3.16. The summed E-state index contributed by atoms with van der Waals surface area (Å²) in [5.74, 6) is 0. The Morgan fingerprint density at radius 2 is 0.828 bits per heavy atom. The minimum Gasteiger partial charge on any atom is -0.317 e. The van der Waals surface area contributed by atoms with E-state index in [9.17, 15) is 0 Å². The van der Waals surface area contributed by atoms with Crippen molar-refractivity contribution >= 4 is 0 Å². The van der Waals surface area contributed by atoms with E-state index in [1.54, 1.807) is 0 Å². The molecule has 0 atom stereocenters. The fraction of sp³-hybridized carbons (Fsp3) is 0.143. The molecule has 0 saturated heterocycles. The molecule has 0 unspecified atom stereocenters. The summed E-state index contributed by atoms with van der Waals surface area (Å²) < 4.78 is 0. The molecule has 0 aromatic heterocycles. The lowest BCUT2D eigenvalue weighted by Crippen LogP contribution is -2.09. The molecule has 0 spiro atoms. The first-order valence-electron chi connectivity index (χ1n) is 10.3. The van der Waals surface area contributed by atoms with Gasteiger partial charge in [0.1, 0.15) is 0 Å². The van der Waals surface area contributed by atoms with Crippen molar-refractivity contribution in [2.24, 2.45) is 0 Å². The van der Waals surface area contributed by atoms with Gasteiger partial charge in [-0.1, -0.05) is 123 Å². The first-order chi connectivity index (χ1) is 14.3. The van der Waals surface area contributed by atoms with E-state index in [0.29, 0.717) is 0 Å². The number of rotatable bonds is 5. The van der Waals surface area contributed by atoms with Crippen LogP contribution >= 0.6 is 0 Å². The Balaban J connectivity index is 0.000000431. The third kappa shape index (κ3) is 5.43. The highest BCUT2D eigenvalue weighted by atomic mass is 14.8. The molecule has 0 aliphatic carbocycles. The summed E-state index contributed by atoms with van der Waals surface area (Å²) in [4.78, 5) is 0. The molecule has 29 heavy (non-hydrogen) atoms. The average molecular weight is 380 g/mol. The fourth-order valence-corrected chi connectivity index (χ4v) is 3.43. The van der Waals surface area contributed by atoms with Crippen molar-refractivity contribution in [2.75, 3.05) is 13.1 Å². The maximum absolute atomic E-state index is 3.11. The van der Waals surface area contributed by atoms with E-state index >= 15 is 0 Å². The van der Waals surface area contributed by atoms with Crippen LogP contribution in [0.25, 0.3) is 33.4 Å². The molecular weight excluding hydrogens is 350 g/mol. The quantitative estimate of drug-likeness (QED) is 0.383. The molecule has 0 heterocycles. The zero-order chi connectivity index (χ0) is 20.3. The number of hydrogen-bond donors (Lipinski definition) is 1. The van der Waals surface area contributed by atoms with Crippen molar-refractivity contribution in [1.82, 2.24) is 5.32 Å². The van der Waals surface area contributed by atoms with Crippen LogP contribution in [-0.4, -0.2) is 13.1 Å². The van der Waals surface area contributed by atoms with Gasteiger partial charge in [0.25, 0.3) is 0 Å². The topological polar surface area (TPSA) is 12.0 Å². The van der Waals surface area contributed by atoms with Gasteiger partial charge in [0.15, 0.2) is 0 Å². The van der Waals surface area contributed by atoms with Gasteiger partial charge >= 0.3 is 0 Å². The van der Waals surface area contributed by atoms with Gasteiger partial charge in [0.2, 0.25) is 0 Å². The lowest BCUT2D eigenvalue weighted by atomic mass is 9.88. The maximum Gasteiger partial charge on any atom is -0.00268 e. The third-order valence-corrected chi connectivity index (χ3v) is 4.80. The van der Waals surface area contributed by atoms with Crippen LogP contribution in [-0.2, 0) is 0 Å². The Morgan fingerprint density at radius 1 is 0.448 bits per heavy atom. The summed E-state index contributed by atoms with van der Waals surface area (Å²) in [6.07, 6.45) is 0. The summed E-state index contributed by atoms with van der Waals surface area (Å²) in [5, 5.41) is 3.11. The zero-order valence-electron chi connectivity index (χ0n) is 17.3. The molecule has 0 radical (unpaired) electrons. The molecule has 0 bridgehead atoms. The monoisotopic (exact) mass is 379 g/mol. The lowest BCUT2D eigenvalue weighted by Gasteiger charge is -2.16. The molecule has 4 aromatic rings. The van der Waals surface area contributed by atoms with E-state index in [1.807, 2.05) is 0 Å². The van der Waals surface area contributed by atoms with Gasteiger partial charge in [-0.05, 0) is 46.5 Å². The predicted molar refractivity (Wildman–Crippen MR) is 127 cm³/mol. The Kier molecular flexibility index (Phi) is 7.80. The highest BCUT2D eigenvalue weighted by Gasteiger charge is 2.13. The second kappa shape index (κ2) is 11.0. The number of nitrogens with one attached hydrogen (secondary N) is 1. The summed E-state index contributed by atoms with van der Waals surface area (Å²) in [6.45, 7) is 6.39. The van der Waals surface area contributed by atoms with Crippen molar-refractivity contribution in [3.05, 3.63) is 109 Å². The molecule has 0 aliphatic rings. The van der Waals surface area contributed by atoms with Gasteiger partial charge < -0.3 is 5.32 Å². The summed E-state index contributed by atoms with van der Waals surface area (Å²) in [7, 11) is 0. The summed E-state index contributed by atoms with van der Waals surface area (Å²) >= 11 is 0. The van der Waals surface area contributed by atoms with Crippen LogP contribution in [0.1, 0.15) is 13.8 Å². The van der Waals surface area contributed by atoms with E-state index in [4.69, 9.17) is 0 Å². The number of benzene rings is 4. The van der Waals surface area contributed by atoms with Crippen LogP contribution in [0.2, 0.25) is 0 Å². The van der Waals surface area contributed by atoms with E-state index in [2.05, 4.69) is 128 Å². The molecule has 0 fully saturated rings. The lowest BCUT2D eigenvalue weighted by molar-refractivity contribution is 0.762. The maximum atomic E-state index is 3.11. The standard InChI is InChI=1S/C24H18.C4H11N/c1-4-11-19(12-5-1)22-17-10-18-23(20-13-6-2-7-14-20)24(22)21-15-8-3-9-16-21;1-3-5-4-2/h1-18H;5H,3-4H2,1-2H3. The van der Waals surface area contributed by atoms with Gasteiger partial charge in [-0.25, -0.2) is 0 Å². The van der Waals surface area contributed by atoms with E-state index in [-0.39, 0.29) is 0 Å². The molecular formula is C28H29N. The SMILES string of the molecule is CCNCC.c1ccc(-c2cccc(-c3ccccc3)c2-c2ccccc2)cc1. The molecule has 146 valence electrons. The van der Waals surface area contributed by atoms with Crippen LogP contribution < -0.4 is 5.32 Å². The molecule has 4 rings (SSSR count). The Bertz CT molecular complexity index is 917. The number of hydrogen-bond acceptors (Lipinski definition) is 1. The van der Waals surface area contributed by atoms with Gasteiger partial charge in [-0.2, -0.15) is 0 Å². The minimum atomic E-state index is 1.09. The van der Waals surface area contributed by atoms with Crippen molar-refractivity contribution in [3.63, 3.8) is 0 Å². The van der Waals surface area contributed by atoms with Crippen LogP contribution in [0.5, 0.6) is 0 Å². The molecule has 0 amide bonds. The zero-order valence-corrected chi connectivity index (χ0v) is 17.3. The fourth-order valence-electron chi connectivity index (χ4n) is 3.43. The highest BCUT2D eigenvalue weighted by molar-refractivity contribution is 5.94. The Labute approximate surface area is 175 Å². The summed E-state index contributed by atoms with van der Waals surface area (Å²) in [6, 6.07) is 38.4. The van der Waals surface area contributed by atoms with Crippen molar-refractivity contribution in [3.8, 4) is 33.4 Å². The molecule has 1 N–H and O–H groups in total. The van der Waals surface area contributed by atoms with E-state index in [0.717, 1.165) is 13.1 Å². The predicted octanol–water partition coefficient (Wildman–Crippen LogP) is 7.30. The molecule has 1 nitrogen and oxygen atoms in total. The molecule has 0 saturated carbocycles. The first-order valence-corrected chi connectivity index (χ1v) is 10.3. The van der Waals surface area contributed by atoms with Gasteiger partial charge in [0.05, 0.1) is 0 Å². The van der Waals surface area contributed by atoms with E-state index in [1.165, 1.54) is 33.4 Å². The first kappa shape index (κ1) is 20.6. The van der Waals surface area contributed by atoms with Crippen LogP contribution in [0.4, 0.5) is 0 Å². The average Bonchev–Trinajstić information content (AvgIpc) is 2.81. The summed E-state index contributed by atoms with van der Waals surface area (Å²) in [5.41, 5.74) is 7.56. The van der Waals surface area contributed by atoms with Crippen LogP contribution in [0.15, 0.2) is 109 Å². The van der Waals surface area contributed by atoms with Crippen molar-refractivity contribution < 1.29 is 0 Å². The molecule has 0 aliphatic heterocycles. The second-order valence-corrected chi connectivity index (χ2v) is 6.78. The van der Waals surface area contributed by atoms with Gasteiger partial charge in [0, 0.05) is 0 Å². The van der Waals surface area contributed by atoms with Gasteiger partial charge in [-0.15, -0.1) is 0 Å².